The SMILES string of the molecule is O=C(c1cc(C2CC2)on1)N1CCCc2ncccc21. The van der Waals surface area contributed by atoms with Crippen LogP contribution in [0, 0.1) is 0 Å². The van der Waals surface area contributed by atoms with Gasteiger partial charge in [0.2, 0.25) is 0 Å². The number of nitrogens with zero attached hydrogens (tertiary/aromatic N) is 3. The number of carbonyl (C=O) groups is 1. The number of hydrogen-bond acceptors (Lipinski definition) is 4. The van der Waals surface area contributed by atoms with Gasteiger partial charge in [0.1, 0.15) is 5.76 Å². The van der Waals surface area contributed by atoms with Gasteiger partial charge in [-0.05, 0) is 37.8 Å². The molecule has 1 aliphatic carbocycles. The van der Waals surface area contributed by atoms with E-state index in [0.29, 0.717) is 18.2 Å². The number of fused-ring (bicyclic) bond motifs is 1. The summed E-state index contributed by atoms with van der Waals surface area (Å²) in [5.41, 5.74) is 2.29. The van der Waals surface area contributed by atoms with Crippen molar-refractivity contribution in [2.24, 2.45) is 0 Å². The highest BCUT2D eigenvalue weighted by Crippen LogP contribution is 2.40. The maximum atomic E-state index is 12.6. The van der Waals surface area contributed by atoms with E-state index >= 15 is 0 Å². The van der Waals surface area contributed by atoms with Crippen molar-refractivity contribution in [3.05, 3.63) is 41.5 Å². The summed E-state index contributed by atoms with van der Waals surface area (Å²) in [6.45, 7) is 0.711. The minimum atomic E-state index is -0.0883. The molecular formula is C15H15N3O2. The third-order valence-electron chi connectivity index (χ3n) is 3.92. The van der Waals surface area contributed by atoms with Crippen LogP contribution in [0.15, 0.2) is 28.9 Å². The second-order valence-corrected chi connectivity index (χ2v) is 5.42. The molecule has 102 valence electrons. The highest BCUT2D eigenvalue weighted by molar-refractivity contribution is 6.05. The van der Waals surface area contributed by atoms with E-state index in [9.17, 15) is 4.79 Å². The number of carbonyl (C=O) groups excluding carboxylic acids is 1. The Morgan fingerprint density at radius 3 is 3.15 bits per heavy atom. The van der Waals surface area contributed by atoms with Gasteiger partial charge in [0, 0.05) is 24.7 Å². The Kier molecular flexibility index (Phi) is 2.58. The predicted octanol–water partition coefficient (Wildman–Crippen LogP) is 2.54. The molecule has 0 saturated heterocycles. The third kappa shape index (κ3) is 1.90. The zero-order valence-electron chi connectivity index (χ0n) is 11.1. The number of anilines is 1. The fourth-order valence-corrected chi connectivity index (χ4v) is 2.69. The van der Waals surface area contributed by atoms with E-state index in [4.69, 9.17) is 4.52 Å². The monoisotopic (exact) mass is 269 g/mol. The lowest BCUT2D eigenvalue weighted by molar-refractivity contribution is 0.0976. The molecule has 0 spiro atoms. The molecule has 1 aliphatic heterocycles. The lowest BCUT2D eigenvalue weighted by atomic mass is 10.1. The molecular weight excluding hydrogens is 254 g/mol. The molecule has 2 aromatic rings. The van der Waals surface area contributed by atoms with Crippen molar-refractivity contribution in [1.82, 2.24) is 10.1 Å². The lowest BCUT2D eigenvalue weighted by Crippen LogP contribution is -2.36. The largest absolute Gasteiger partial charge is 0.360 e. The van der Waals surface area contributed by atoms with Crippen molar-refractivity contribution < 1.29 is 9.32 Å². The lowest BCUT2D eigenvalue weighted by Gasteiger charge is -2.27. The van der Waals surface area contributed by atoms with Crippen molar-refractivity contribution in [3.63, 3.8) is 0 Å². The molecule has 0 atom stereocenters. The van der Waals surface area contributed by atoms with Crippen molar-refractivity contribution in [1.29, 1.82) is 0 Å². The molecule has 5 nitrogen and oxygen atoms in total. The average Bonchev–Trinajstić information content (AvgIpc) is 3.23. The van der Waals surface area contributed by atoms with E-state index in [0.717, 1.165) is 42.8 Å². The molecule has 1 saturated carbocycles. The topological polar surface area (TPSA) is 59.2 Å². The molecule has 1 amide bonds. The van der Waals surface area contributed by atoms with Gasteiger partial charge in [0.25, 0.3) is 5.91 Å². The molecule has 0 N–H and O–H groups in total. The first-order valence-electron chi connectivity index (χ1n) is 7.05. The van der Waals surface area contributed by atoms with Crippen LogP contribution in [0.1, 0.15) is 47.1 Å². The van der Waals surface area contributed by atoms with Crippen LogP contribution in [0.3, 0.4) is 0 Å². The van der Waals surface area contributed by atoms with Gasteiger partial charge in [-0.1, -0.05) is 5.16 Å². The standard InChI is InChI=1S/C15H15N3O2/c19-15(12-9-14(20-17-12)10-5-6-10)18-8-2-3-11-13(18)4-1-7-16-11/h1,4,7,9-10H,2-3,5-6,8H2. The summed E-state index contributed by atoms with van der Waals surface area (Å²) in [7, 11) is 0. The zero-order chi connectivity index (χ0) is 13.5. The van der Waals surface area contributed by atoms with Gasteiger partial charge in [-0.2, -0.15) is 0 Å². The summed E-state index contributed by atoms with van der Waals surface area (Å²) in [6, 6.07) is 5.61. The summed E-state index contributed by atoms with van der Waals surface area (Å²) in [5.74, 6) is 1.23. The molecule has 0 aromatic carbocycles. The smallest absolute Gasteiger partial charge is 0.280 e. The zero-order valence-corrected chi connectivity index (χ0v) is 11.1. The van der Waals surface area contributed by atoms with Gasteiger partial charge in [-0.25, -0.2) is 0 Å². The Morgan fingerprint density at radius 1 is 1.40 bits per heavy atom. The first-order chi connectivity index (χ1) is 9.83. The Hall–Kier alpha value is -2.17. The van der Waals surface area contributed by atoms with E-state index in [1.807, 2.05) is 12.1 Å². The van der Waals surface area contributed by atoms with Crippen LogP contribution >= 0.6 is 0 Å². The molecule has 0 radical (unpaired) electrons. The first-order valence-corrected chi connectivity index (χ1v) is 7.05. The van der Waals surface area contributed by atoms with E-state index in [1.54, 1.807) is 17.2 Å². The van der Waals surface area contributed by atoms with Gasteiger partial charge in [0.05, 0.1) is 11.4 Å². The normalized spacial score (nSPS) is 17.9. The van der Waals surface area contributed by atoms with Crippen LogP contribution in [0.2, 0.25) is 0 Å². The molecule has 3 heterocycles. The number of rotatable bonds is 2. The van der Waals surface area contributed by atoms with Crippen LogP contribution in [-0.2, 0) is 6.42 Å². The van der Waals surface area contributed by atoms with Gasteiger partial charge < -0.3 is 9.42 Å². The summed E-state index contributed by atoms with van der Waals surface area (Å²) < 4.78 is 5.28. The summed E-state index contributed by atoms with van der Waals surface area (Å²) >= 11 is 0. The number of aromatic nitrogens is 2. The second-order valence-electron chi connectivity index (χ2n) is 5.42. The van der Waals surface area contributed by atoms with Crippen molar-refractivity contribution in [2.75, 3.05) is 11.4 Å². The average molecular weight is 269 g/mol. The summed E-state index contributed by atoms with van der Waals surface area (Å²) in [5, 5.41) is 3.94. The van der Waals surface area contributed by atoms with Crippen molar-refractivity contribution >= 4 is 11.6 Å². The first kappa shape index (κ1) is 11.6. The van der Waals surface area contributed by atoms with Crippen LogP contribution in [-0.4, -0.2) is 22.6 Å². The van der Waals surface area contributed by atoms with E-state index in [2.05, 4.69) is 10.1 Å². The third-order valence-corrected chi connectivity index (χ3v) is 3.92. The van der Waals surface area contributed by atoms with Gasteiger partial charge in [0.15, 0.2) is 5.69 Å². The number of aryl methyl sites for hydroxylation is 1. The molecule has 2 aromatic heterocycles. The maximum absolute atomic E-state index is 12.6. The van der Waals surface area contributed by atoms with E-state index in [1.165, 1.54) is 0 Å². The van der Waals surface area contributed by atoms with Crippen LogP contribution in [0.4, 0.5) is 5.69 Å². The summed E-state index contributed by atoms with van der Waals surface area (Å²) in [4.78, 5) is 18.7. The molecule has 0 unspecified atom stereocenters. The highest BCUT2D eigenvalue weighted by atomic mass is 16.5. The number of hydrogen-bond donors (Lipinski definition) is 0. The second kappa shape index (κ2) is 4.44. The van der Waals surface area contributed by atoms with Crippen molar-refractivity contribution in [3.8, 4) is 0 Å². The van der Waals surface area contributed by atoms with Gasteiger partial charge in [-0.3, -0.25) is 9.78 Å². The molecule has 0 bridgehead atoms. The maximum Gasteiger partial charge on any atom is 0.280 e. The Balaban J connectivity index is 1.65. The molecule has 20 heavy (non-hydrogen) atoms. The molecule has 1 fully saturated rings. The fourth-order valence-electron chi connectivity index (χ4n) is 2.69. The number of amides is 1. The minimum absolute atomic E-state index is 0.0883. The highest BCUT2D eigenvalue weighted by Gasteiger charge is 2.31. The quantitative estimate of drug-likeness (QED) is 0.840. The van der Waals surface area contributed by atoms with E-state index < -0.39 is 0 Å². The Bertz CT molecular complexity index is 661. The molecule has 5 heteroatoms. The molecule has 2 aliphatic rings. The molecule has 4 rings (SSSR count). The Morgan fingerprint density at radius 2 is 2.30 bits per heavy atom. The van der Waals surface area contributed by atoms with Crippen LogP contribution in [0.5, 0.6) is 0 Å². The van der Waals surface area contributed by atoms with Crippen LogP contribution < -0.4 is 4.90 Å². The van der Waals surface area contributed by atoms with E-state index in [-0.39, 0.29) is 5.91 Å². The number of pyridine rings is 1. The van der Waals surface area contributed by atoms with Gasteiger partial charge >= 0.3 is 0 Å². The van der Waals surface area contributed by atoms with Crippen LogP contribution in [0.25, 0.3) is 0 Å². The fraction of sp³-hybridized carbons (Fsp3) is 0.400. The van der Waals surface area contributed by atoms with Crippen molar-refractivity contribution in [2.45, 2.75) is 31.6 Å². The summed E-state index contributed by atoms with van der Waals surface area (Å²) in [6.07, 6.45) is 5.90. The predicted molar refractivity (Wildman–Crippen MR) is 72.7 cm³/mol. The minimum Gasteiger partial charge on any atom is -0.360 e. The Labute approximate surface area is 116 Å². The van der Waals surface area contributed by atoms with Gasteiger partial charge in [-0.15, -0.1) is 0 Å².